The number of benzene rings is 1. The van der Waals surface area contributed by atoms with Crippen molar-refractivity contribution >= 4 is 12.4 Å². The largest absolute Gasteiger partial charge is 0.493 e. The van der Waals surface area contributed by atoms with Crippen LogP contribution in [0.15, 0.2) is 18.2 Å². The lowest BCUT2D eigenvalue weighted by Crippen LogP contribution is -2.31. The highest BCUT2D eigenvalue weighted by molar-refractivity contribution is 5.85. The average Bonchev–Trinajstić information content (AvgIpc) is 2.82. The van der Waals surface area contributed by atoms with Gasteiger partial charge in [-0.15, -0.1) is 12.4 Å². The predicted molar refractivity (Wildman–Crippen MR) is 83.9 cm³/mol. The molecule has 1 aliphatic heterocycles. The van der Waals surface area contributed by atoms with E-state index in [1.165, 1.54) is 13.2 Å². The van der Waals surface area contributed by atoms with Gasteiger partial charge in [-0.3, -0.25) is 4.90 Å². The van der Waals surface area contributed by atoms with Crippen molar-refractivity contribution in [1.29, 1.82) is 0 Å². The Balaban J connectivity index is 0.00000242. The van der Waals surface area contributed by atoms with Gasteiger partial charge >= 0.3 is 6.61 Å². The van der Waals surface area contributed by atoms with Crippen LogP contribution in [0.4, 0.5) is 8.78 Å². The van der Waals surface area contributed by atoms with Gasteiger partial charge in [-0.05, 0) is 42.6 Å². The molecule has 0 aliphatic carbocycles. The number of likely N-dealkylation sites (tertiary alicyclic amines) is 1. The third kappa shape index (κ3) is 4.69. The number of ether oxygens (including phenoxy) is 2. The fraction of sp³-hybridized carbons (Fsp3) is 0.600. The molecule has 1 heterocycles. The van der Waals surface area contributed by atoms with E-state index in [0.29, 0.717) is 12.3 Å². The van der Waals surface area contributed by atoms with E-state index < -0.39 is 6.61 Å². The van der Waals surface area contributed by atoms with Crippen molar-refractivity contribution in [3.05, 3.63) is 23.8 Å². The summed E-state index contributed by atoms with van der Waals surface area (Å²) in [6.45, 7) is 2.70. The third-order valence-electron chi connectivity index (χ3n) is 3.98. The van der Waals surface area contributed by atoms with Crippen LogP contribution in [-0.2, 0) is 6.54 Å². The van der Waals surface area contributed by atoms with Crippen molar-refractivity contribution < 1.29 is 18.3 Å². The van der Waals surface area contributed by atoms with Gasteiger partial charge in [-0.2, -0.15) is 8.78 Å². The lowest BCUT2D eigenvalue weighted by molar-refractivity contribution is -0.0512. The van der Waals surface area contributed by atoms with Gasteiger partial charge in [-0.1, -0.05) is 13.0 Å². The van der Waals surface area contributed by atoms with Crippen LogP contribution < -0.4 is 15.2 Å². The molecule has 0 radical (unpaired) electrons. The maximum atomic E-state index is 12.3. The first-order chi connectivity index (χ1) is 9.95. The summed E-state index contributed by atoms with van der Waals surface area (Å²) < 4.78 is 34.1. The number of hydrogen-bond donors (Lipinski definition) is 1. The fourth-order valence-corrected chi connectivity index (χ4v) is 2.69. The molecule has 1 aromatic carbocycles. The Labute approximate surface area is 136 Å². The van der Waals surface area contributed by atoms with Crippen LogP contribution in [-0.4, -0.2) is 38.3 Å². The van der Waals surface area contributed by atoms with Gasteiger partial charge in [0.2, 0.25) is 0 Å². The van der Waals surface area contributed by atoms with E-state index in [0.717, 1.165) is 31.6 Å². The summed E-state index contributed by atoms with van der Waals surface area (Å²) in [6.07, 6.45) is 1.08. The summed E-state index contributed by atoms with van der Waals surface area (Å²) in [6, 6.07) is 5.06. The lowest BCUT2D eigenvalue weighted by Gasteiger charge is -2.22. The first kappa shape index (κ1) is 18.9. The van der Waals surface area contributed by atoms with E-state index in [1.807, 2.05) is 0 Å². The highest BCUT2D eigenvalue weighted by Gasteiger charge is 2.32. The smallest absolute Gasteiger partial charge is 0.387 e. The second-order valence-corrected chi connectivity index (χ2v) is 5.84. The third-order valence-corrected chi connectivity index (χ3v) is 3.98. The highest BCUT2D eigenvalue weighted by Crippen LogP contribution is 2.32. The summed E-state index contributed by atoms with van der Waals surface area (Å²) in [7, 11) is 1.44. The van der Waals surface area contributed by atoms with Gasteiger partial charge in [0.25, 0.3) is 0 Å². The zero-order valence-electron chi connectivity index (χ0n) is 12.9. The van der Waals surface area contributed by atoms with Crippen LogP contribution in [0, 0.1) is 5.41 Å². The Morgan fingerprint density at radius 1 is 1.36 bits per heavy atom. The molecule has 1 aliphatic rings. The minimum absolute atomic E-state index is 0. The van der Waals surface area contributed by atoms with E-state index in [1.54, 1.807) is 12.1 Å². The lowest BCUT2D eigenvalue weighted by atomic mass is 9.90. The van der Waals surface area contributed by atoms with Crippen molar-refractivity contribution in [2.75, 3.05) is 26.7 Å². The van der Waals surface area contributed by atoms with Gasteiger partial charge < -0.3 is 15.2 Å². The molecule has 0 amide bonds. The highest BCUT2D eigenvalue weighted by atomic mass is 35.5. The van der Waals surface area contributed by atoms with Gasteiger partial charge in [0.15, 0.2) is 11.5 Å². The Hall–Kier alpha value is -1.11. The molecule has 4 nitrogen and oxygen atoms in total. The maximum absolute atomic E-state index is 12.3. The first-order valence-corrected chi connectivity index (χ1v) is 7.00. The van der Waals surface area contributed by atoms with Crippen LogP contribution in [0.1, 0.15) is 18.9 Å². The summed E-state index contributed by atoms with van der Waals surface area (Å²) in [5.74, 6) is 0.387. The van der Waals surface area contributed by atoms with E-state index >= 15 is 0 Å². The second-order valence-electron chi connectivity index (χ2n) is 5.84. The van der Waals surface area contributed by atoms with Gasteiger partial charge in [0, 0.05) is 13.1 Å². The van der Waals surface area contributed by atoms with Crippen LogP contribution in [0.5, 0.6) is 11.5 Å². The van der Waals surface area contributed by atoms with Crippen molar-refractivity contribution in [2.24, 2.45) is 11.1 Å². The Kier molecular flexibility index (Phi) is 6.84. The average molecular weight is 337 g/mol. The molecule has 2 N–H and O–H groups in total. The number of hydrogen-bond acceptors (Lipinski definition) is 4. The molecule has 1 atom stereocenters. The van der Waals surface area contributed by atoms with Gasteiger partial charge in [0.05, 0.1) is 7.11 Å². The molecule has 7 heteroatoms. The Morgan fingerprint density at radius 3 is 2.64 bits per heavy atom. The molecule has 0 saturated carbocycles. The van der Waals surface area contributed by atoms with Gasteiger partial charge in [-0.25, -0.2) is 0 Å². The molecular formula is C15H23ClF2N2O2. The minimum atomic E-state index is -2.85. The van der Waals surface area contributed by atoms with E-state index in [-0.39, 0.29) is 23.6 Å². The quantitative estimate of drug-likeness (QED) is 0.867. The second kappa shape index (κ2) is 7.94. The molecule has 1 fully saturated rings. The number of methoxy groups -OCH3 is 1. The van der Waals surface area contributed by atoms with Crippen LogP contribution >= 0.6 is 12.4 Å². The maximum Gasteiger partial charge on any atom is 0.387 e. The zero-order chi connectivity index (χ0) is 15.5. The van der Waals surface area contributed by atoms with Crippen molar-refractivity contribution in [3.63, 3.8) is 0 Å². The minimum Gasteiger partial charge on any atom is -0.493 e. The van der Waals surface area contributed by atoms with Crippen molar-refractivity contribution in [3.8, 4) is 11.5 Å². The number of halogens is 3. The molecule has 2 rings (SSSR count). The number of alkyl halides is 2. The molecule has 1 saturated heterocycles. The number of nitrogens with two attached hydrogens (primary N) is 1. The Morgan fingerprint density at radius 2 is 2.09 bits per heavy atom. The topological polar surface area (TPSA) is 47.7 Å². The molecule has 0 spiro atoms. The number of nitrogens with zero attached hydrogens (tertiary/aromatic N) is 1. The normalized spacial score (nSPS) is 21.7. The standard InChI is InChI=1S/C15H22F2N2O2.ClH/c1-15(9-18)5-6-19(10-15)8-11-3-4-12(21-14(16)17)13(7-11)20-2;/h3-4,7,14H,5-6,8-10,18H2,1-2H3;1H. The summed E-state index contributed by atoms with van der Waals surface area (Å²) >= 11 is 0. The molecule has 0 aromatic heterocycles. The predicted octanol–water partition coefficient (Wildman–Crippen LogP) is 2.89. The fourth-order valence-electron chi connectivity index (χ4n) is 2.69. The monoisotopic (exact) mass is 336 g/mol. The summed E-state index contributed by atoms with van der Waals surface area (Å²) in [4.78, 5) is 2.31. The molecule has 22 heavy (non-hydrogen) atoms. The Bertz CT molecular complexity index is 491. The summed E-state index contributed by atoms with van der Waals surface area (Å²) in [5, 5.41) is 0. The first-order valence-electron chi connectivity index (χ1n) is 7.00. The molecule has 1 aromatic rings. The molecule has 0 bridgehead atoms. The van der Waals surface area contributed by atoms with Crippen molar-refractivity contribution in [2.45, 2.75) is 26.5 Å². The van der Waals surface area contributed by atoms with Crippen molar-refractivity contribution in [1.82, 2.24) is 4.90 Å². The van der Waals surface area contributed by atoms with Gasteiger partial charge in [0.1, 0.15) is 0 Å². The number of rotatable bonds is 6. The molecule has 126 valence electrons. The van der Waals surface area contributed by atoms with Crippen LogP contribution in [0.2, 0.25) is 0 Å². The van der Waals surface area contributed by atoms with E-state index in [2.05, 4.69) is 16.6 Å². The summed E-state index contributed by atoms with van der Waals surface area (Å²) in [5.41, 5.74) is 6.98. The molecular weight excluding hydrogens is 314 g/mol. The SMILES string of the molecule is COc1cc(CN2CCC(C)(CN)C2)ccc1OC(F)F.Cl. The zero-order valence-corrected chi connectivity index (χ0v) is 13.7. The van der Waals surface area contributed by atoms with Crippen LogP contribution in [0.3, 0.4) is 0 Å². The van der Waals surface area contributed by atoms with E-state index in [4.69, 9.17) is 10.5 Å². The molecule has 1 unspecified atom stereocenters. The van der Waals surface area contributed by atoms with E-state index in [9.17, 15) is 8.78 Å². The van der Waals surface area contributed by atoms with Crippen LogP contribution in [0.25, 0.3) is 0 Å².